The highest BCUT2D eigenvalue weighted by molar-refractivity contribution is 6.00. The van der Waals surface area contributed by atoms with Gasteiger partial charge in [-0.1, -0.05) is 12.1 Å². The van der Waals surface area contributed by atoms with Crippen LogP contribution in [0, 0.1) is 11.3 Å². The molecule has 0 spiro atoms. The van der Waals surface area contributed by atoms with Gasteiger partial charge in [0.05, 0.1) is 17.2 Å². The molecule has 1 saturated carbocycles. The Kier molecular flexibility index (Phi) is 7.65. The second kappa shape index (κ2) is 10.5. The summed E-state index contributed by atoms with van der Waals surface area (Å²) in [6.45, 7) is 4.36. The van der Waals surface area contributed by atoms with E-state index < -0.39 is 11.5 Å². The van der Waals surface area contributed by atoms with Crippen LogP contribution in [0.3, 0.4) is 0 Å². The minimum atomic E-state index is -1.16. The molecule has 0 radical (unpaired) electrons. The lowest BCUT2D eigenvalue weighted by Crippen LogP contribution is -2.34. The summed E-state index contributed by atoms with van der Waals surface area (Å²) in [6.07, 6.45) is 1.59. The Hall–Kier alpha value is -3.75. The molecule has 1 aromatic heterocycles. The van der Waals surface area contributed by atoms with E-state index in [2.05, 4.69) is 26.8 Å². The number of nitriles is 1. The second-order valence-electron chi connectivity index (χ2n) is 8.79. The standard InChI is InChI=1S/C23H28N6O5/c1-13(30)26-16-7-8-17(10-16)34-22-18(21(31)29-33-12-23(2,3)32)19(25)27-20(28-22)15-6-4-5-14(9-15)11-24/h4-6,9,16-17,32H,7-8,10,12H2,1-3H3,(H,26,30)(H,29,31)(H2,25,27,28)/t16-,17-/m1/s1. The van der Waals surface area contributed by atoms with Gasteiger partial charge in [-0.25, -0.2) is 10.5 Å². The lowest BCUT2D eigenvalue weighted by atomic mass is 10.1. The first kappa shape index (κ1) is 24.9. The highest BCUT2D eigenvalue weighted by atomic mass is 16.7. The van der Waals surface area contributed by atoms with E-state index in [1.165, 1.54) is 20.8 Å². The largest absolute Gasteiger partial charge is 0.474 e. The van der Waals surface area contributed by atoms with Crippen LogP contribution in [-0.2, 0) is 9.63 Å². The summed E-state index contributed by atoms with van der Waals surface area (Å²) in [5.41, 5.74) is 8.05. The Balaban J connectivity index is 1.91. The van der Waals surface area contributed by atoms with Gasteiger partial charge >= 0.3 is 0 Å². The van der Waals surface area contributed by atoms with Crippen molar-refractivity contribution in [1.82, 2.24) is 20.8 Å². The normalized spacial score (nSPS) is 17.6. The smallest absolute Gasteiger partial charge is 0.284 e. The molecule has 34 heavy (non-hydrogen) atoms. The molecule has 0 bridgehead atoms. The van der Waals surface area contributed by atoms with Crippen LogP contribution < -0.4 is 21.3 Å². The number of hydrogen-bond donors (Lipinski definition) is 4. The van der Waals surface area contributed by atoms with Crippen LogP contribution in [0.2, 0.25) is 0 Å². The number of nitrogens with one attached hydrogen (secondary N) is 2. The van der Waals surface area contributed by atoms with Crippen LogP contribution in [0.15, 0.2) is 24.3 Å². The topological polar surface area (TPSA) is 172 Å². The van der Waals surface area contributed by atoms with Gasteiger partial charge in [0.25, 0.3) is 5.91 Å². The van der Waals surface area contributed by atoms with E-state index in [4.69, 9.17) is 15.3 Å². The Morgan fingerprint density at radius 1 is 1.32 bits per heavy atom. The van der Waals surface area contributed by atoms with E-state index in [0.29, 0.717) is 24.0 Å². The van der Waals surface area contributed by atoms with Crippen molar-refractivity contribution in [2.75, 3.05) is 12.3 Å². The predicted molar refractivity (Wildman–Crippen MR) is 122 cm³/mol. The first-order chi connectivity index (χ1) is 16.1. The van der Waals surface area contributed by atoms with Gasteiger partial charge in [-0.15, -0.1) is 0 Å². The van der Waals surface area contributed by atoms with Gasteiger partial charge in [0.2, 0.25) is 11.8 Å². The Bertz CT molecular complexity index is 1110. The number of nitrogens with two attached hydrogens (primary N) is 1. The number of benzene rings is 1. The van der Waals surface area contributed by atoms with Crippen molar-refractivity contribution in [2.45, 2.75) is 57.8 Å². The summed E-state index contributed by atoms with van der Waals surface area (Å²) in [7, 11) is 0. The monoisotopic (exact) mass is 468 g/mol. The number of ether oxygens (including phenoxy) is 1. The lowest BCUT2D eigenvalue weighted by molar-refractivity contribution is -0.119. The number of carbonyl (C=O) groups excluding carboxylic acids is 2. The first-order valence-corrected chi connectivity index (χ1v) is 10.8. The quantitative estimate of drug-likeness (QED) is 0.418. The molecule has 1 fully saturated rings. The third-order valence-corrected chi connectivity index (χ3v) is 5.04. The Morgan fingerprint density at radius 2 is 2.09 bits per heavy atom. The molecule has 2 aromatic rings. The molecule has 1 aliphatic carbocycles. The number of aromatic nitrogens is 2. The third-order valence-electron chi connectivity index (χ3n) is 5.04. The molecule has 11 nitrogen and oxygen atoms in total. The molecule has 11 heteroatoms. The number of nitrogens with zero attached hydrogens (tertiary/aromatic N) is 3. The van der Waals surface area contributed by atoms with Crippen LogP contribution in [0.5, 0.6) is 5.88 Å². The molecule has 2 atom stereocenters. The van der Waals surface area contributed by atoms with Crippen LogP contribution in [0.4, 0.5) is 5.82 Å². The van der Waals surface area contributed by atoms with E-state index in [-0.39, 0.29) is 47.7 Å². The van der Waals surface area contributed by atoms with Crippen molar-refractivity contribution in [3.8, 4) is 23.3 Å². The highest BCUT2D eigenvalue weighted by Gasteiger charge is 2.30. The number of amides is 2. The van der Waals surface area contributed by atoms with Gasteiger partial charge in [-0.3, -0.25) is 14.4 Å². The van der Waals surface area contributed by atoms with Gasteiger partial charge in [0.15, 0.2) is 5.82 Å². The fourth-order valence-corrected chi connectivity index (χ4v) is 3.57. The SMILES string of the molecule is CC(=O)N[C@@H]1CC[C@@H](Oc2nc(-c3cccc(C#N)c3)nc(N)c2C(=O)NOCC(C)(C)O)C1. The molecule has 1 heterocycles. The van der Waals surface area contributed by atoms with Gasteiger partial charge < -0.3 is 20.9 Å². The van der Waals surface area contributed by atoms with E-state index in [0.717, 1.165) is 6.42 Å². The van der Waals surface area contributed by atoms with E-state index in [1.807, 2.05) is 0 Å². The number of anilines is 1. The number of carbonyl (C=O) groups is 2. The number of rotatable bonds is 8. The maximum Gasteiger partial charge on any atom is 0.284 e. The fraction of sp³-hybridized carbons (Fsp3) is 0.435. The molecule has 0 aliphatic heterocycles. The van der Waals surface area contributed by atoms with Crippen molar-refractivity contribution in [3.05, 3.63) is 35.4 Å². The van der Waals surface area contributed by atoms with Crippen LogP contribution >= 0.6 is 0 Å². The molecule has 180 valence electrons. The number of hydrogen-bond acceptors (Lipinski definition) is 9. The van der Waals surface area contributed by atoms with Crippen LogP contribution in [0.1, 0.15) is 56.0 Å². The molecule has 1 aromatic carbocycles. The summed E-state index contributed by atoms with van der Waals surface area (Å²) < 4.78 is 6.07. The van der Waals surface area contributed by atoms with Crippen molar-refractivity contribution < 1.29 is 24.3 Å². The fourth-order valence-electron chi connectivity index (χ4n) is 3.57. The minimum absolute atomic E-state index is 0.0392. The molecule has 1 aliphatic rings. The maximum atomic E-state index is 12.8. The third kappa shape index (κ3) is 6.63. The molecular weight excluding hydrogens is 440 g/mol. The zero-order valence-corrected chi connectivity index (χ0v) is 19.3. The van der Waals surface area contributed by atoms with E-state index in [9.17, 15) is 20.0 Å². The summed E-state index contributed by atoms with van der Waals surface area (Å²) >= 11 is 0. The maximum absolute atomic E-state index is 12.8. The Labute approximate surface area is 197 Å². The van der Waals surface area contributed by atoms with E-state index in [1.54, 1.807) is 24.3 Å². The molecule has 2 amide bonds. The summed E-state index contributed by atoms with van der Waals surface area (Å²) in [5, 5.41) is 21.9. The molecule has 0 unspecified atom stereocenters. The average molecular weight is 469 g/mol. The second-order valence-corrected chi connectivity index (χ2v) is 8.79. The highest BCUT2D eigenvalue weighted by Crippen LogP contribution is 2.30. The van der Waals surface area contributed by atoms with Crippen molar-refractivity contribution in [1.29, 1.82) is 5.26 Å². The van der Waals surface area contributed by atoms with Crippen LogP contribution in [0.25, 0.3) is 11.4 Å². The summed E-state index contributed by atoms with van der Waals surface area (Å²) in [4.78, 5) is 38.0. The predicted octanol–water partition coefficient (Wildman–Crippen LogP) is 1.47. The van der Waals surface area contributed by atoms with Gasteiger partial charge in [-0.05, 0) is 38.8 Å². The zero-order valence-electron chi connectivity index (χ0n) is 19.3. The van der Waals surface area contributed by atoms with Crippen molar-refractivity contribution in [2.24, 2.45) is 0 Å². The minimum Gasteiger partial charge on any atom is -0.474 e. The van der Waals surface area contributed by atoms with Crippen molar-refractivity contribution >= 4 is 17.6 Å². The van der Waals surface area contributed by atoms with Gasteiger partial charge in [0, 0.05) is 24.9 Å². The molecule has 5 N–H and O–H groups in total. The number of aliphatic hydroxyl groups is 1. The number of hydroxylamine groups is 1. The molecule has 3 rings (SSSR count). The van der Waals surface area contributed by atoms with Gasteiger partial charge in [-0.2, -0.15) is 10.2 Å². The van der Waals surface area contributed by atoms with Crippen LogP contribution in [-0.4, -0.2) is 51.2 Å². The molecular formula is C23H28N6O5. The average Bonchev–Trinajstić information content (AvgIpc) is 3.18. The van der Waals surface area contributed by atoms with E-state index >= 15 is 0 Å². The van der Waals surface area contributed by atoms with Gasteiger partial charge in [0.1, 0.15) is 24.1 Å². The molecule has 0 saturated heterocycles. The zero-order chi connectivity index (χ0) is 24.9. The summed E-state index contributed by atoms with van der Waals surface area (Å²) in [5.74, 6) is -0.841. The summed E-state index contributed by atoms with van der Waals surface area (Å²) in [6, 6.07) is 8.67. The van der Waals surface area contributed by atoms with Crippen molar-refractivity contribution in [3.63, 3.8) is 0 Å². The Morgan fingerprint density at radius 3 is 2.76 bits per heavy atom. The first-order valence-electron chi connectivity index (χ1n) is 10.8. The number of nitrogen functional groups attached to an aromatic ring is 1. The lowest BCUT2D eigenvalue weighted by Gasteiger charge is -2.19.